The molecule has 0 atom stereocenters. The van der Waals surface area contributed by atoms with E-state index in [1.54, 1.807) is 13.0 Å². The number of rotatable bonds is 7. The van der Waals surface area contributed by atoms with Crippen LogP contribution in [0.1, 0.15) is 29.8 Å². The summed E-state index contributed by atoms with van der Waals surface area (Å²) in [5.41, 5.74) is 0.899. The van der Waals surface area contributed by atoms with Gasteiger partial charge in [-0.2, -0.15) is 0 Å². The average Bonchev–Trinajstić information content (AvgIpc) is 2.61. The monoisotopic (exact) mass is 392 g/mol. The molecule has 0 unspecified atom stereocenters. The van der Waals surface area contributed by atoms with Crippen LogP contribution in [0, 0.1) is 23.0 Å². The Balaban J connectivity index is 2.31. The first-order chi connectivity index (χ1) is 12.7. The summed E-state index contributed by atoms with van der Waals surface area (Å²) in [6.07, 6.45) is 0. The van der Waals surface area contributed by atoms with Gasteiger partial charge in [0.25, 0.3) is 11.6 Å². The van der Waals surface area contributed by atoms with Gasteiger partial charge in [0.1, 0.15) is 0 Å². The summed E-state index contributed by atoms with van der Waals surface area (Å²) in [4.78, 5) is 23.2. The molecule has 7 nitrogen and oxygen atoms in total. The number of benzene rings is 2. The molecule has 0 spiro atoms. The zero-order valence-electron chi connectivity index (χ0n) is 15.5. The summed E-state index contributed by atoms with van der Waals surface area (Å²) in [6, 6.07) is 7.48. The van der Waals surface area contributed by atoms with Crippen molar-refractivity contribution in [1.82, 2.24) is 0 Å². The smallest absolute Gasteiger partial charge is 0.274 e. The lowest BCUT2D eigenvalue weighted by molar-refractivity contribution is -0.385. The van der Waals surface area contributed by atoms with E-state index < -0.39 is 10.8 Å². The molecule has 1 N–H and O–H groups in total. The molecule has 2 rings (SSSR count). The molecule has 0 radical (unpaired) electrons. The zero-order valence-corrected chi connectivity index (χ0v) is 16.3. The van der Waals surface area contributed by atoms with Crippen LogP contribution in [0.2, 0.25) is 5.02 Å². The number of halogens is 1. The van der Waals surface area contributed by atoms with Crippen molar-refractivity contribution in [2.24, 2.45) is 5.92 Å². The van der Waals surface area contributed by atoms with Crippen molar-refractivity contribution in [3.8, 4) is 11.5 Å². The molecule has 0 bridgehead atoms. The summed E-state index contributed by atoms with van der Waals surface area (Å²) in [5, 5.41) is 14.0. The Hall–Kier alpha value is -2.80. The summed E-state index contributed by atoms with van der Waals surface area (Å²) >= 11 is 6.27. The Morgan fingerprint density at radius 3 is 2.63 bits per heavy atom. The number of nitro groups is 1. The Morgan fingerprint density at radius 1 is 1.33 bits per heavy atom. The molecule has 0 saturated carbocycles. The number of anilines is 1. The normalized spacial score (nSPS) is 10.6. The van der Waals surface area contributed by atoms with E-state index in [0.29, 0.717) is 35.3 Å². The predicted molar refractivity (Wildman–Crippen MR) is 104 cm³/mol. The average molecular weight is 393 g/mol. The van der Waals surface area contributed by atoms with Crippen molar-refractivity contribution in [1.29, 1.82) is 0 Å². The summed E-state index contributed by atoms with van der Waals surface area (Å²) < 4.78 is 11.0. The van der Waals surface area contributed by atoms with E-state index in [9.17, 15) is 14.9 Å². The second-order valence-corrected chi connectivity index (χ2v) is 6.76. The molecule has 0 aliphatic rings. The number of ether oxygens (including phenoxy) is 2. The molecule has 144 valence electrons. The van der Waals surface area contributed by atoms with Gasteiger partial charge >= 0.3 is 0 Å². The van der Waals surface area contributed by atoms with Gasteiger partial charge in [0.05, 0.1) is 34.9 Å². The highest BCUT2D eigenvalue weighted by Crippen LogP contribution is 2.37. The number of nitrogens with zero attached hydrogens (tertiary/aromatic N) is 1. The minimum absolute atomic E-state index is 0.0687. The number of carbonyl (C=O) groups excluding carboxylic acids is 1. The molecular formula is C19H21ClN2O5. The lowest BCUT2D eigenvalue weighted by atomic mass is 10.1. The number of hydrogen-bond acceptors (Lipinski definition) is 5. The largest absolute Gasteiger partial charge is 0.493 e. The first-order valence-electron chi connectivity index (χ1n) is 8.30. The Kier molecular flexibility index (Phi) is 6.63. The van der Waals surface area contributed by atoms with E-state index in [0.717, 1.165) is 0 Å². The minimum Gasteiger partial charge on any atom is -0.493 e. The third-order valence-electron chi connectivity index (χ3n) is 3.80. The fourth-order valence-electron chi connectivity index (χ4n) is 2.39. The molecule has 0 aliphatic carbocycles. The number of methoxy groups -OCH3 is 1. The van der Waals surface area contributed by atoms with Gasteiger partial charge in [0, 0.05) is 11.6 Å². The molecule has 27 heavy (non-hydrogen) atoms. The van der Waals surface area contributed by atoms with Crippen LogP contribution in [0.3, 0.4) is 0 Å². The van der Waals surface area contributed by atoms with Crippen LogP contribution in [0.5, 0.6) is 11.5 Å². The zero-order chi connectivity index (χ0) is 20.1. The van der Waals surface area contributed by atoms with Crippen LogP contribution in [0.15, 0.2) is 30.3 Å². The molecule has 1 amide bonds. The highest BCUT2D eigenvalue weighted by atomic mass is 35.5. The van der Waals surface area contributed by atoms with Crippen LogP contribution in [-0.4, -0.2) is 24.5 Å². The molecule has 0 aliphatic heterocycles. The van der Waals surface area contributed by atoms with Gasteiger partial charge in [-0.3, -0.25) is 14.9 Å². The molecule has 2 aromatic carbocycles. The molecule has 2 aromatic rings. The van der Waals surface area contributed by atoms with Crippen molar-refractivity contribution in [3.05, 3.63) is 56.6 Å². The van der Waals surface area contributed by atoms with Gasteiger partial charge in [-0.15, -0.1) is 0 Å². The van der Waals surface area contributed by atoms with Gasteiger partial charge < -0.3 is 14.8 Å². The Bertz CT molecular complexity index is 867. The fraction of sp³-hybridized carbons (Fsp3) is 0.316. The van der Waals surface area contributed by atoms with Crippen molar-refractivity contribution in [2.75, 3.05) is 19.0 Å². The van der Waals surface area contributed by atoms with Crippen LogP contribution in [0.25, 0.3) is 0 Å². The summed E-state index contributed by atoms with van der Waals surface area (Å²) in [5.74, 6) is 0.541. The van der Waals surface area contributed by atoms with E-state index in [-0.39, 0.29) is 16.3 Å². The van der Waals surface area contributed by atoms with Gasteiger partial charge in [-0.25, -0.2) is 0 Å². The van der Waals surface area contributed by atoms with E-state index in [1.807, 2.05) is 13.8 Å². The second kappa shape index (κ2) is 8.73. The summed E-state index contributed by atoms with van der Waals surface area (Å²) in [7, 11) is 1.46. The van der Waals surface area contributed by atoms with Gasteiger partial charge in [0.2, 0.25) is 0 Å². The van der Waals surface area contributed by atoms with Crippen molar-refractivity contribution in [2.45, 2.75) is 20.8 Å². The number of amides is 1. The molecule has 8 heteroatoms. The molecule has 0 heterocycles. The first-order valence-corrected chi connectivity index (χ1v) is 8.68. The highest BCUT2D eigenvalue weighted by molar-refractivity contribution is 6.32. The van der Waals surface area contributed by atoms with Gasteiger partial charge in [-0.05, 0) is 31.0 Å². The Labute approximate surface area is 162 Å². The maximum absolute atomic E-state index is 12.6. The molecule has 0 aromatic heterocycles. The molecule has 0 saturated heterocycles. The third kappa shape index (κ3) is 4.89. The lowest BCUT2D eigenvalue weighted by Gasteiger charge is -2.15. The van der Waals surface area contributed by atoms with Crippen LogP contribution in [-0.2, 0) is 0 Å². The molecular weight excluding hydrogens is 372 g/mol. The van der Waals surface area contributed by atoms with Gasteiger partial charge in [-0.1, -0.05) is 31.5 Å². The SMILES string of the molecule is COc1cc(C(=O)Nc2cccc([N+](=O)[O-])c2C)cc(Cl)c1OCC(C)C. The third-order valence-corrected chi connectivity index (χ3v) is 4.08. The first kappa shape index (κ1) is 20.5. The van der Waals surface area contributed by atoms with E-state index in [4.69, 9.17) is 21.1 Å². The second-order valence-electron chi connectivity index (χ2n) is 6.36. The molecule has 0 fully saturated rings. The highest BCUT2D eigenvalue weighted by Gasteiger charge is 2.19. The van der Waals surface area contributed by atoms with E-state index in [1.165, 1.54) is 31.4 Å². The van der Waals surface area contributed by atoms with Crippen molar-refractivity contribution >= 4 is 28.9 Å². The topological polar surface area (TPSA) is 90.7 Å². The van der Waals surface area contributed by atoms with Gasteiger partial charge in [0.15, 0.2) is 11.5 Å². The quantitative estimate of drug-likeness (QED) is 0.537. The number of hydrogen-bond donors (Lipinski definition) is 1. The fourth-order valence-corrected chi connectivity index (χ4v) is 2.66. The number of nitrogens with one attached hydrogen (secondary N) is 1. The summed E-state index contributed by atoms with van der Waals surface area (Å²) in [6.45, 7) is 6.03. The van der Waals surface area contributed by atoms with Crippen LogP contribution < -0.4 is 14.8 Å². The number of carbonyl (C=O) groups is 1. The number of nitro benzene ring substituents is 1. The van der Waals surface area contributed by atoms with Crippen molar-refractivity contribution in [3.63, 3.8) is 0 Å². The lowest BCUT2D eigenvalue weighted by Crippen LogP contribution is -2.14. The Morgan fingerprint density at radius 2 is 2.04 bits per heavy atom. The standard InChI is InChI=1S/C19H21ClN2O5/c1-11(2)10-27-18-14(20)8-13(9-17(18)26-4)19(23)21-15-6-5-7-16(12(15)3)22(24)25/h5-9,11H,10H2,1-4H3,(H,21,23). The maximum Gasteiger partial charge on any atom is 0.274 e. The van der Waals surface area contributed by atoms with Crippen LogP contribution >= 0.6 is 11.6 Å². The van der Waals surface area contributed by atoms with Crippen LogP contribution in [0.4, 0.5) is 11.4 Å². The predicted octanol–water partition coefficient (Wildman–Crippen LogP) is 4.85. The minimum atomic E-state index is -0.494. The maximum atomic E-state index is 12.6. The van der Waals surface area contributed by atoms with Crippen molar-refractivity contribution < 1.29 is 19.2 Å². The van der Waals surface area contributed by atoms with E-state index in [2.05, 4.69) is 5.32 Å². The van der Waals surface area contributed by atoms with E-state index >= 15 is 0 Å².